The first-order chi connectivity index (χ1) is 19.9. The second-order valence-electron chi connectivity index (χ2n) is 10.9. The molecule has 0 spiro atoms. The fourth-order valence-corrected chi connectivity index (χ4v) is 5.52. The second kappa shape index (κ2) is 18.0. The number of unbranched alkanes of at least 4 members (excludes halogenated alkanes) is 7. The molecule has 2 aromatic rings. The molecule has 3 rings (SSSR count). The quantitative estimate of drug-likeness (QED) is 0.114. The number of nitrogens with zero attached hydrogens (tertiary/aromatic N) is 3. The van der Waals surface area contributed by atoms with Gasteiger partial charge >= 0.3 is 5.97 Å². The van der Waals surface area contributed by atoms with Gasteiger partial charge in [-0.05, 0) is 61.1 Å². The molecule has 0 aliphatic carbocycles. The van der Waals surface area contributed by atoms with Crippen molar-refractivity contribution in [2.45, 2.75) is 95.6 Å². The van der Waals surface area contributed by atoms with Gasteiger partial charge in [-0.3, -0.25) is 9.98 Å². The molecule has 6 N–H and O–H groups in total. The fourth-order valence-electron chi connectivity index (χ4n) is 5.52. The van der Waals surface area contributed by atoms with Crippen LogP contribution in [-0.2, 0) is 11.2 Å². The monoisotopic (exact) mass is 566 g/mol. The molecule has 226 valence electrons. The molecular formula is C31H46N6O4-2. The molecule has 2 aromatic heterocycles. The number of carboxylic acids is 1. The van der Waals surface area contributed by atoms with Crippen molar-refractivity contribution in [3.8, 4) is 5.88 Å². The molecule has 0 saturated heterocycles. The minimum absolute atomic E-state index is 0.236. The molecule has 0 radical (unpaired) electrons. The lowest BCUT2D eigenvalue weighted by molar-refractivity contribution is -0.275. The van der Waals surface area contributed by atoms with Gasteiger partial charge in [0.05, 0.1) is 6.04 Å². The summed E-state index contributed by atoms with van der Waals surface area (Å²) < 4.78 is 0. The van der Waals surface area contributed by atoms with E-state index in [-0.39, 0.29) is 24.6 Å². The van der Waals surface area contributed by atoms with E-state index in [0.717, 1.165) is 44.1 Å². The lowest BCUT2D eigenvalue weighted by atomic mass is 9.85. The number of aliphatic hydroxyl groups excluding tert-OH is 1. The van der Waals surface area contributed by atoms with Gasteiger partial charge in [0.25, 0.3) is 0 Å². The molecule has 3 atom stereocenters. The highest BCUT2D eigenvalue weighted by Crippen LogP contribution is 2.32. The van der Waals surface area contributed by atoms with Crippen molar-refractivity contribution in [2.24, 2.45) is 16.6 Å². The van der Waals surface area contributed by atoms with Gasteiger partial charge < -0.3 is 36.7 Å². The summed E-state index contributed by atoms with van der Waals surface area (Å²) >= 11 is 0. The van der Waals surface area contributed by atoms with E-state index in [4.69, 9.17) is 16.2 Å². The molecule has 41 heavy (non-hydrogen) atoms. The van der Waals surface area contributed by atoms with Crippen molar-refractivity contribution in [1.82, 2.24) is 15.3 Å². The zero-order valence-electron chi connectivity index (χ0n) is 24.0. The summed E-state index contributed by atoms with van der Waals surface area (Å²) in [5.41, 5.74) is 7.69. The number of nitrogens with two attached hydrogens (primary N) is 1. The first-order valence-corrected chi connectivity index (χ1v) is 15.0. The molecule has 1 aliphatic heterocycles. The Balaban J connectivity index is 1.67. The number of nitrogens with one attached hydrogen (secondary N) is 2. The smallest absolute Gasteiger partial charge is 0.328 e. The average molecular weight is 567 g/mol. The number of carboxylic acid groups (broad SMARTS) is 1. The lowest BCUT2D eigenvalue weighted by Gasteiger charge is -2.35. The van der Waals surface area contributed by atoms with Crippen LogP contribution in [0.5, 0.6) is 5.88 Å². The number of aromatic nitrogens is 2. The first-order valence-electron chi connectivity index (χ1n) is 15.0. The zero-order valence-corrected chi connectivity index (χ0v) is 24.0. The highest BCUT2D eigenvalue weighted by Gasteiger charge is 2.25. The van der Waals surface area contributed by atoms with Gasteiger partial charge in [-0.2, -0.15) is 0 Å². The number of rotatable bonds is 20. The van der Waals surface area contributed by atoms with Gasteiger partial charge in [0, 0.05) is 25.4 Å². The van der Waals surface area contributed by atoms with Crippen molar-refractivity contribution >= 4 is 17.7 Å². The Hall–Kier alpha value is -3.53. The van der Waals surface area contributed by atoms with Gasteiger partial charge in [0.1, 0.15) is 0 Å². The summed E-state index contributed by atoms with van der Waals surface area (Å²) in [6.07, 6.45) is 17.8. The Kier molecular flexibility index (Phi) is 14.1. The minimum Gasteiger partial charge on any atom is -0.859 e. The van der Waals surface area contributed by atoms with Crippen LogP contribution in [-0.4, -0.2) is 57.3 Å². The van der Waals surface area contributed by atoms with Crippen LogP contribution in [0.25, 0.3) is 5.32 Å². The Morgan fingerprint density at radius 2 is 1.85 bits per heavy atom. The number of pyridine rings is 1. The van der Waals surface area contributed by atoms with Gasteiger partial charge in [-0.1, -0.05) is 87.6 Å². The van der Waals surface area contributed by atoms with Crippen LogP contribution in [0.1, 0.15) is 82.6 Å². The summed E-state index contributed by atoms with van der Waals surface area (Å²) in [6.45, 7) is 0.809. The maximum absolute atomic E-state index is 11.9. The van der Waals surface area contributed by atoms with Crippen molar-refractivity contribution in [3.63, 3.8) is 0 Å². The molecule has 1 aliphatic rings. The Bertz CT molecular complexity index is 1070. The van der Waals surface area contributed by atoms with Crippen LogP contribution < -0.4 is 16.2 Å². The predicted octanol–water partition coefficient (Wildman–Crippen LogP) is 4.69. The topological polar surface area (TPSA) is 174 Å². The maximum atomic E-state index is 11.9. The number of aliphatic imine (C=N–C) groups is 1. The summed E-state index contributed by atoms with van der Waals surface area (Å²) in [4.78, 5) is 23.2. The average Bonchev–Trinajstić information content (AvgIpc) is 3.47. The third-order valence-corrected chi connectivity index (χ3v) is 7.67. The van der Waals surface area contributed by atoms with Crippen molar-refractivity contribution in [3.05, 3.63) is 59.2 Å². The molecule has 0 fully saturated rings. The molecular weight excluding hydrogens is 520 g/mol. The van der Waals surface area contributed by atoms with E-state index in [2.05, 4.69) is 20.3 Å². The van der Waals surface area contributed by atoms with Crippen LogP contribution >= 0.6 is 0 Å². The van der Waals surface area contributed by atoms with Crippen molar-refractivity contribution in [1.29, 1.82) is 0 Å². The molecule has 10 heteroatoms. The molecule has 3 unspecified atom stereocenters. The van der Waals surface area contributed by atoms with E-state index in [1.807, 2.05) is 24.4 Å². The molecule has 3 heterocycles. The number of aliphatic hydroxyl groups is 1. The number of carbonyl (C=O) groups is 1. The van der Waals surface area contributed by atoms with E-state index >= 15 is 0 Å². The number of H-pyrrole nitrogens is 1. The third-order valence-electron chi connectivity index (χ3n) is 7.67. The van der Waals surface area contributed by atoms with Gasteiger partial charge in [-0.25, -0.2) is 4.79 Å². The van der Waals surface area contributed by atoms with Crippen LogP contribution in [0, 0.1) is 5.92 Å². The molecule has 0 bridgehead atoms. The SMILES string of the molecule is NC1=NCCC(C(=CC(=O)O)C(CCC(CCCCCCCCCCO)Cc2ccc([O-])nc2)[N-]c2ccc[nH]2)N1. The number of hydrogen-bond donors (Lipinski definition) is 5. The lowest BCUT2D eigenvalue weighted by Crippen LogP contribution is -2.46. The minimum atomic E-state index is -1.01. The fraction of sp³-hybridized carbons (Fsp3) is 0.581. The summed E-state index contributed by atoms with van der Waals surface area (Å²) in [7, 11) is 0. The number of hydrogen-bond acceptors (Lipinski definition) is 7. The maximum Gasteiger partial charge on any atom is 0.328 e. The van der Waals surface area contributed by atoms with E-state index in [9.17, 15) is 15.0 Å². The van der Waals surface area contributed by atoms with Crippen LogP contribution in [0.3, 0.4) is 0 Å². The zero-order chi connectivity index (χ0) is 29.3. The van der Waals surface area contributed by atoms with E-state index in [0.29, 0.717) is 42.7 Å². The second-order valence-corrected chi connectivity index (χ2v) is 10.9. The van der Waals surface area contributed by atoms with Gasteiger partial charge in [0.15, 0.2) is 5.96 Å². The summed E-state index contributed by atoms with van der Waals surface area (Å²) in [5, 5.41) is 38.3. The first kappa shape index (κ1) is 32.0. The van der Waals surface area contributed by atoms with Crippen LogP contribution in [0.4, 0.5) is 5.82 Å². The molecule has 0 aromatic carbocycles. The number of aliphatic carboxylic acids is 1. The largest absolute Gasteiger partial charge is 0.859 e. The predicted molar refractivity (Wildman–Crippen MR) is 160 cm³/mol. The summed E-state index contributed by atoms with van der Waals surface area (Å²) in [5.74, 6) is 0.120. The van der Waals surface area contributed by atoms with Crippen molar-refractivity contribution < 1.29 is 20.1 Å². The van der Waals surface area contributed by atoms with E-state index in [1.165, 1.54) is 44.2 Å². The van der Waals surface area contributed by atoms with E-state index < -0.39 is 5.97 Å². The standard InChI is InChI=1S/C31H47N6O4/c32-31-34-18-16-27(37-31)25(21-30(40)41)26(36-28-11-9-17-33-28)14-12-23(20-24-13-15-29(39)35-22-24)10-7-5-3-1-2-4-6-8-19-38/h9,11,13,15,17,21-23,26-27,33,38H,1-8,10,12,14,16,18-20H2,(H,35,39)(H,40,41)(H3,32,34,37)/q-1/p-1. The molecule has 0 amide bonds. The summed E-state index contributed by atoms with van der Waals surface area (Å²) in [6, 6.07) is 6.53. The van der Waals surface area contributed by atoms with Gasteiger partial charge in [-0.15, -0.1) is 0 Å². The van der Waals surface area contributed by atoms with E-state index in [1.54, 1.807) is 6.20 Å². The third kappa shape index (κ3) is 12.3. The van der Waals surface area contributed by atoms with Gasteiger partial charge in [0.2, 0.25) is 0 Å². The van der Waals surface area contributed by atoms with Crippen LogP contribution in [0.2, 0.25) is 0 Å². The highest BCUT2D eigenvalue weighted by atomic mass is 16.4. The van der Waals surface area contributed by atoms with Crippen LogP contribution in [0.15, 0.2) is 53.3 Å². The normalized spacial score (nSPS) is 17.0. The Morgan fingerprint density at radius 3 is 2.49 bits per heavy atom. The number of aromatic amines is 1. The number of guanidine groups is 1. The van der Waals surface area contributed by atoms with Crippen molar-refractivity contribution in [2.75, 3.05) is 13.2 Å². The Morgan fingerprint density at radius 1 is 1.10 bits per heavy atom. The molecule has 0 saturated carbocycles. The highest BCUT2D eigenvalue weighted by molar-refractivity contribution is 5.83. The Labute approximate surface area is 243 Å². The molecule has 10 nitrogen and oxygen atoms in total.